The van der Waals surface area contributed by atoms with Crippen LogP contribution < -0.4 is 4.90 Å². The molecule has 0 amide bonds. The highest BCUT2D eigenvalue weighted by atomic mass is 19.1. The van der Waals surface area contributed by atoms with Gasteiger partial charge < -0.3 is 10.0 Å². The van der Waals surface area contributed by atoms with Gasteiger partial charge in [-0.2, -0.15) is 0 Å². The van der Waals surface area contributed by atoms with Crippen LogP contribution in [0.5, 0.6) is 0 Å². The Bertz CT molecular complexity index is 521. The minimum Gasteiger partial charge on any atom is -0.478 e. The van der Waals surface area contributed by atoms with Crippen LogP contribution in [0.2, 0.25) is 0 Å². The molecule has 3 nitrogen and oxygen atoms in total. The van der Waals surface area contributed by atoms with E-state index in [0.29, 0.717) is 17.5 Å². The number of halogens is 1. The van der Waals surface area contributed by atoms with Gasteiger partial charge in [-0.05, 0) is 48.6 Å². The van der Waals surface area contributed by atoms with E-state index in [9.17, 15) is 9.18 Å². The molecule has 1 aromatic rings. The Hall–Kier alpha value is -1.84. The largest absolute Gasteiger partial charge is 0.478 e. The predicted molar refractivity (Wildman–Crippen MR) is 78.3 cm³/mol. The van der Waals surface area contributed by atoms with Crippen LogP contribution in [0.3, 0.4) is 0 Å². The van der Waals surface area contributed by atoms with Gasteiger partial charge in [0.1, 0.15) is 5.82 Å². The van der Waals surface area contributed by atoms with Crippen molar-refractivity contribution in [1.82, 2.24) is 0 Å². The Morgan fingerprint density at radius 1 is 1.45 bits per heavy atom. The van der Waals surface area contributed by atoms with E-state index >= 15 is 0 Å². The highest BCUT2D eigenvalue weighted by molar-refractivity contribution is 5.85. The van der Waals surface area contributed by atoms with Crippen LogP contribution in [0.1, 0.15) is 32.3 Å². The van der Waals surface area contributed by atoms with Gasteiger partial charge in [-0.15, -0.1) is 0 Å². The first-order valence-corrected chi connectivity index (χ1v) is 6.94. The van der Waals surface area contributed by atoms with Gasteiger partial charge in [0.2, 0.25) is 0 Å². The van der Waals surface area contributed by atoms with E-state index in [2.05, 4.69) is 18.7 Å². The van der Waals surface area contributed by atoms with Crippen molar-refractivity contribution in [3.05, 3.63) is 35.7 Å². The second-order valence-corrected chi connectivity index (χ2v) is 5.69. The first-order chi connectivity index (χ1) is 9.45. The molecule has 1 saturated carbocycles. The topological polar surface area (TPSA) is 40.5 Å². The van der Waals surface area contributed by atoms with E-state index in [1.807, 2.05) is 6.07 Å². The lowest BCUT2D eigenvalue weighted by molar-refractivity contribution is -0.131. The summed E-state index contributed by atoms with van der Waals surface area (Å²) in [6.07, 6.45) is 4.74. The van der Waals surface area contributed by atoms with Crippen molar-refractivity contribution in [2.75, 3.05) is 11.4 Å². The minimum absolute atomic E-state index is 0.332. The number of benzene rings is 1. The quantitative estimate of drug-likeness (QED) is 0.808. The number of rotatable bonds is 6. The van der Waals surface area contributed by atoms with Crippen molar-refractivity contribution < 1.29 is 14.3 Å². The fraction of sp³-hybridized carbons (Fsp3) is 0.438. The molecular formula is C16H20FNO2. The zero-order valence-corrected chi connectivity index (χ0v) is 11.8. The van der Waals surface area contributed by atoms with Crippen LogP contribution in [0, 0.1) is 11.7 Å². The Kier molecular flexibility index (Phi) is 4.42. The van der Waals surface area contributed by atoms with Crippen LogP contribution in [0.4, 0.5) is 10.1 Å². The maximum atomic E-state index is 13.7. The van der Waals surface area contributed by atoms with Crippen molar-refractivity contribution in [3.8, 4) is 0 Å². The Morgan fingerprint density at radius 3 is 2.70 bits per heavy atom. The number of hydrogen-bond acceptors (Lipinski definition) is 2. The molecule has 20 heavy (non-hydrogen) atoms. The van der Waals surface area contributed by atoms with Gasteiger partial charge in [0.05, 0.1) is 0 Å². The minimum atomic E-state index is -1.03. The number of carboxylic acids is 1. The van der Waals surface area contributed by atoms with E-state index < -0.39 is 5.97 Å². The third kappa shape index (κ3) is 4.08. The first kappa shape index (κ1) is 14.6. The molecule has 1 N–H and O–H groups in total. The molecule has 1 aliphatic rings. The molecule has 0 heterocycles. The summed E-state index contributed by atoms with van der Waals surface area (Å²) in [5, 5.41) is 8.65. The molecule has 0 aromatic heterocycles. The average molecular weight is 277 g/mol. The maximum absolute atomic E-state index is 13.7. The maximum Gasteiger partial charge on any atom is 0.328 e. The van der Waals surface area contributed by atoms with Gasteiger partial charge >= 0.3 is 5.97 Å². The molecule has 0 radical (unpaired) electrons. The zero-order valence-electron chi connectivity index (χ0n) is 11.8. The number of hydrogen-bond donors (Lipinski definition) is 1. The van der Waals surface area contributed by atoms with Gasteiger partial charge in [0, 0.05) is 24.4 Å². The standard InChI is InChI=1S/C16H20FNO2/c1-11(2)10-18(14-4-5-14)15-8-12(3-6-16(19)20)7-13(17)9-15/h3,6-9,11,14H,4-5,10H2,1-2H3,(H,19,20)/b6-3+. The highest BCUT2D eigenvalue weighted by Gasteiger charge is 2.29. The van der Waals surface area contributed by atoms with Gasteiger partial charge in [-0.25, -0.2) is 9.18 Å². The summed E-state index contributed by atoms with van der Waals surface area (Å²) in [6, 6.07) is 5.22. The number of carboxylic acid groups (broad SMARTS) is 1. The third-order valence-electron chi connectivity index (χ3n) is 3.20. The SMILES string of the molecule is CC(C)CN(c1cc(F)cc(/C=C/C(=O)O)c1)C1CC1. The molecule has 0 spiro atoms. The molecule has 2 rings (SSSR count). The summed E-state index contributed by atoms with van der Waals surface area (Å²) in [6.45, 7) is 5.16. The Morgan fingerprint density at radius 2 is 2.15 bits per heavy atom. The van der Waals surface area contributed by atoms with Crippen molar-refractivity contribution >= 4 is 17.7 Å². The number of anilines is 1. The van der Waals surface area contributed by atoms with Crippen LogP contribution in [0.25, 0.3) is 6.08 Å². The number of nitrogens with zero attached hydrogens (tertiary/aromatic N) is 1. The zero-order chi connectivity index (χ0) is 14.7. The predicted octanol–water partition coefficient (Wildman–Crippen LogP) is 3.55. The fourth-order valence-electron chi connectivity index (χ4n) is 2.27. The monoisotopic (exact) mass is 277 g/mol. The van der Waals surface area contributed by atoms with E-state index in [0.717, 1.165) is 31.1 Å². The fourth-order valence-corrected chi connectivity index (χ4v) is 2.27. The Balaban J connectivity index is 2.27. The lowest BCUT2D eigenvalue weighted by Gasteiger charge is -2.27. The second kappa shape index (κ2) is 6.07. The second-order valence-electron chi connectivity index (χ2n) is 5.69. The molecule has 108 valence electrons. The summed E-state index contributed by atoms with van der Waals surface area (Å²) in [7, 11) is 0. The summed E-state index contributed by atoms with van der Waals surface area (Å²) < 4.78 is 13.7. The van der Waals surface area contributed by atoms with Crippen LogP contribution >= 0.6 is 0 Å². The normalized spacial score (nSPS) is 15.0. The van der Waals surface area contributed by atoms with Gasteiger partial charge in [0.15, 0.2) is 0 Å². The molecule has 0 saturated heterocycles. The lowest BCUT2D eigenvalue weighted by atomic mass is 10.1. The highest BCUT2D eigenvalue weighted by Crippen LogP contribution is 2.33. The summed E-state index contributed by atoms with van der Waals surface area (Å²) in [5.74, 6) is -0.865. The molecule has 0 aliphatic heterocycles. The van der Waals surface area contributed by atoms with E-state index in [4.69, 9.17) is 5.11 Å². The number of carbonyl (C=O) groups is 1. The van der Waals surface area contributed by atoms with Gasteiger partial charge in [-0.1, -0.05) is 13.8 Å². The molecule has 1 aliphatic carbocycles. The Labute approximate surface area is 118 Å². The van der Waals surface area contributed by atoms with Crippen LogP contribution in [0.15, 0.2) is 24.3 Å². The molecule has 4 heteroatoms. The van der Waals surface area contributed by atoms with Gasteiger partial charge in [-0.3, -0.25) is 0 Å². The van der Waals surface area contributed by atoms with Crippen LogP contribution in [-0.2, 0) is 4.79 Å². The summed E-state index contributed by atoms with van der Waals surface area (Å²) in [5.41, 5.74) is 1.42. The van der Waals surface area contributed by atoms with Crippen molar-refractivity contribution in [3.63, 3.8) is 0 Å². The van der Waals surface area contributed by atoms with Crippen LogP contribution in [-0.4, -0.2) is 23.7 Å². The average Bonchev–Trinajstić information content (AvgIpc) is 3.16. The van der Waals surface area contributed by atoms with Crippen molar-refractivity contribution in [2.24, 2.45) is 5.92 Å². The number of aliphatic carboxylic acids is 1. The summed E-state index contributed by atoms with van der Waals surface area (Å²) >= 11 is 0. The van der Waals surface area contributed by atoms with E-state index in [1.165, 1.54) is 18.2 Å². The molecular weight excluding hydrogens is 257 g/mol. The lowest BCUT2D eigenvalue weighted by Crippen LogP contribution is -2.29. The molecule has 0 bridgehead atoms. The van der Waals surface area contributed by atoms with E-state index in [-0.39, 0.29) is 5.82 Å². The molecule has 1 aromatic carbocycles. The van der Waals surface area contributed by atoms with Crippen molar-refractivity contribution in [1.29, 1.82) is 0 Å². The molecule has 1 fully saturated rings. The smallest absolute Gasteiger partial charge is 0.328 e. The first-order valence-electron chi connectivity index (χ1n) is 6.94. The van der Waals surface area contributed by atoms with E-state index in [1.54, 1.807) is 0 Å². The molecule has 0 atom stereocenters. The summed E-state index contributed by atoms with van der Waals surface area (Å²) in [4.78, 5) is 12.8. The van der Waals surface area contributed by atoms with Crippen molar-refractivity contribution in [2.45, 2.75) is 32.7 Å². The van der Waals surface area contributed by atoms with Gasteiger partial charge in [0.25, 0.3) is 0 Å². The molecule has 0 unspecified atom stereocenters. The third-order valence-corrected chi connectivity index (χ3v) is 3.20.